The van der Waals surface area contributed by atoms with Gasteiger partial charge in [-0.05, 0) is 37.3 Å². The molecule has 122 valence electrons. The number of benzene rings is 2. The normalized spacial score (nSPS) is 11.0. The number of hydrogen-bond donors (Lipinski definition) is 1. The molecule has 0 saturated heterocycles. The summed E-state index contributed by atoms with van der Waals surface area (Å²) in [6, 6.07) is 5.62. The van der Waals surface area contributed by atoms with E-state index in [-0.39, 0.29) is 16.5 Å². The van der Waals surface area contributed by atoms with Crippen LogP contribution in [0.1, 0.15) is 15.9 Å². The van der Waals surface area contributed by atoms with Crippen molar-refractivity contribution in [3.63, 3.8) is 0 Å². The quantitative estimate of drug-likeness (QED) is 0.782. The highest BCUT2D eigenvalue weighted by Gasteiger charge is 2.20. The van der Waals surface area contributed by atoms with Crippen molar-refractivity contribution in [2.24, 2.45) is 0 Å². The molecular formula is C17H10F3NO3. The van der Waals surface area contributed by atoms with E-state index in [9.17, 15) is 27.9 Å². The van der Waals surface area contributed by atoms with E-state index < -0.39 is 34.4 Å². The second-order valence-corrected chi connectivity index (χ2v) is 5.22. The lowest BCUT2D eigenvalue weighted by molar-refractivity contribution is 0.0695. The Bertz CT molecular complexity index is 1040. The standard InChI is InChI=1S/C17H10F3NO3/c1-8-14(20)13(19)6-11-15(8)21(7-12(16(11)22)17(23)24)10-4-2-9(18)3-5-10/h2-7H,1H3,(H,23,24). The van der Waals surface area contributed by atoms with E-state index in [1.54, 1.807) is 0 Å². The molecule has 7 heteroatoms. The van der Waals surface area contributed by atoms with Gasteiger partial charge in [-0.25, -0.2) is 18.0 Å². The number of carbonyl (C=O) groups is 1. The zero-order valence-corrected chi connectivity index (χ0v) is 12.3. The first kappa shape index (κ1) is 15.8. The van der Waals surface area contributed by atoms with Gasteiger partial charge < -0.3 is 9.67 Å². The maximum atomic E-state index is 13.9. The second-order valence-electron chi connectivity index (χ2n) is 5.22. The van der Waals surface area contributed by atoms with Gasteiger partial charge in [0.05, 0.1) is 10.9 Å². The number of aromatic carboxylic acids is 1. The third-order valence-corrected chi connectivity index (χ3v) is 3.74. The Labute approximate surface area is 133 Å². The zero-order chi connectivity index (χ0) is 17.6. The van der Waals surface area contributed by atoms with Gasteiger partial charge in [0.25, 0.3) is 0 Å². The molecule has 1 N–H and O–H groups in total. The van der Waals surface area contributed by atoms with Gasteiger partial charge in [-0.1, -0.05) is 0 Å². The van der Waals surface area contributed by atoms with Crippen molar-refractivity contribution in [2.75, 3.05) is 0 Å². The zero-order valence-electron chi connectivity index (χ0n) is 12.3. The van der Waals surface area contributed by atoms with Gasteiger partial charge in [0.2, 0.25) is 5.43 Å². The first-order chi connectivity index (χ1) is 11.3. The lowest BCUT2D eigenvalue weighted by atomic mass is 10.1. The minimum atomic E-state index is -1.50. The smallest absolute Gasteiger partial charge is 0.341 e. The molecular weight excluding hydrogens is 323 g/mol. The largest absolute Gasteiger partial charge is 0.477 e. The lowest BCUT2D eigenvalue weighted by Gasteiger charge is -2.15. The summed E-state index contributed by atoms with van der Waals surface area (Å²) < 4.78 is 42.0. The average molecular weight is 333 g/mol. The van der Waals surface area contributed by atoms with Crippen LogP contribution < -0.4 is 5.43 Å². The molecule has 0 atom stereocenters. The van der Waals surface area contributed by atoms with Gasteiger partial charge in [-0.2, -0.15) is 0 Å². The number of rotatable bonds is 2. The fraction of sp³-hybridized carbons (Fsp3) is 0.0588. The Morgan fingerprint density at radius 3 is 2.33 bits per heavy atom. The Morgan fingerprint density at radius 1 is 1.12 bits per heavy atom. The number of aromatic nitrogens is 1. The summed E-state index contributed by atoms with van der Waals surface area (Å²) in [6.07, 6.45) is 1.02. The molecule has 0 spiro atoms. The number of carboxylic acids is 1. The molecule has 0 amide bonds. The van der Waals surface area contributed by atoms with E-state index in [1.165, 1.54) is 23.6 Å². The summed E-state index contributed by atoms with van der Waals surface area (Å²) in [5.74, 6) is -4.40. The Balaban J connectivity index is 2.53. The highest BCUT2D eigenvalue weighted by Crippen LogP contribution is 2.25. The highest BCUT2D eigenvalue weighted by molar-refractivity contribution is 5.94. The van der Waals surface area contributed by atoms with E-state index in [4.69, 9.17) is 0 Å². The Morgan fingerprint density at radius 2 is 1.75 bits per heavy atom. The fourth-order valence-corrected chi connectivity index (χ4v) is 2.58. The molecule has 4 nitrogen and oxygen atoms in total. The molecule has 0 saturated carbocycles. The van der Waals surface area contributed by atoms with Crippen molar-refractivity contribution in [1.82, 2.24) is 4.57 Å². The number of fused-ring (bicyclic) bond motifs is 1. The van der Waals surface area contributed by atoms with Gasteiger partial charge in [0.15, 0.2) is 11.6 Å². The van der Waals surface area contributed by atoms with Crippen LogP contribution in [0.25, 0.3) is 16.6 Å². The summed E-state index contributed by atoms with van der Waals surface area (Å²) in [6.45, 7) is 1.28. The molecule has 3 rings (SSSR count). The van der Waals surface area contributed by atoms with Gasteiger partial charge in [-0.15, -0.1) is 0 Å². The molecule has 0 radical (unpaired) electrons. The van der Waals surface area contributed by atoms with Gasteiger partial charge in [0, 0.05) is 17.4 Å². The van der Waals surface area contributed by atoms with Crippen molar-refractivity contribution in [3.8, 4) is 5.69 Å². The van der Waals surface area contributed by atoms with E-state index >= 15 is 0 Å². The van der Waals surface area contributed by atoms with Crippen LogP contribution in [0.2, 0.25) is 0 Å². The van der Waals surface area contributed by atoms with Crippen molar-refractivity contribution in [3.05, 3.63) is 75.3 Å². The average Bonchev–Trinajstić information content (AvgIpc) is 2.54. The van der Waals surface area contributed by atoms with E-state index in [1.807, 2.05) is 0 Å². The van der Waals surface area contributed by atoms with Gasteiger partial charge in [-0.3, -0.25) is 4.79 Å². The van der Waals surface area contributed by atoms with Crippen LogP contribution in [0.4, 0.5) is 13.2 Å². The predicted molar refractivity (Wildman–Crippen MR) is 81.1 cm³/mol. The molecule has 0 bridgehead atoms. The lowest BCUT2D eigenvalue weighted by Crippen LogP contribution is -2.19. The van der Waals surface area contributed by atoms with Gasteiger partial charge in [0.1, 0.15) is 11.4 Å². The van der Waals surface area contributed by atoms with Crippen LogP contribution in [0.15, 0.2) is 41.3 Å². The number of pyridine rings is 1. The molecule has 0 unspecified atom stereocenters. The SMILES string of the molecule is Cc1c(F)c(F)cc2c(=O)c(C(=O)O)cn(-c3ccc(F)cc3)c12. The maximum Gasteiger partial charge on any atom is 0.341 e. The summed E-state index contributed by atoms with van der Waals surface area (Å²) in [4.78, 5) is 23.6. The minimum Gasteiger partial charge on any atom is -0.477 e. The topological polar surface area (TPSA) is 59.3 Å². The molecule has 0 aliphatic carbocycles. The van der Waals surface area contributed by atoms with Crippen LogP contribution in [-0.2, 0) is 0 Å². The van der Waals surface area contributed by atoms with Crippen molar-refractivity contribution < 1.29 is 23.1 Å². The predicted octanol–water partition coefficient (Wildman–Crippen LogP) is 3.41. The van der Waals surface area contributed by atoms with Crippen LogP contribution in [-0.4, -0.2) is 15.6 Å². The molecule has 1 heterocycles. The minimum absolute atomic E-state index is 0.0236. The number of hydrogen-bond acceptors (Lipinski definition) is 2. The third kappa shape index (κ3) is 2.34. The molecule has 0 fully saturated rings. The van der Waals surface area contributed by atoms with E-state index in [0.717, 1.165) is 18.3 Å². The van der Waals surface area contributed by atoms with Gasteiger partial charge >= 0.3 is 5.97 Å². The van der Waals surface area contributed by atoms with E-state index in [0.29, 0.717) is 11.8 Å². The molecule has 2 aromatic carbocycles. The molecule has 1 aromatic heterocycles. The number of carboxylic acid groups (broad SMARTS) is 1. The monoisotopic (exact) mass is 333 g/mol. The Kier molecular flexibility index (Phi) is 3.63. The van der Waals surface area contributed by atoms with Crippen molar-refractivity contribution in [2.45, 2.75) is 6.92 Å². The van der Waals surface area contributed by atoms with Crippen LogP contribution in [0, 0.1) is 24.4 Å². The number of nitrogens with zero attached hydrogens (tertiary/aromatic N) is 1. The molecule has 3 aromatic rings. The van der Waals surface area contributed by atoms with Crippen LogP contribution in [0.5, 0.6) is 0 Å². The molecule has 0 aliphatic heterocycles. The first-order valence-electron chi connectivity index (χ1n) is 6.84. The Hall–Kier alpha value is -3.09. The number of halogens is 3. The van der Waals surface area contributed by atoms with E-state index in [2.05, 4.69) is 0 Å². The van der Waals surface area contributed by atoms with Crippen molar-refractivity contribution in [1.29, 1.82) is 0 Å². The van der Waals surface area contributed by atoms with Crippen LogP contribution >= 0.6 is 0 Å². The first-order valence-corrected chi connectivity index (χ1v) is 6.84. The summed E-state index contributed by atoms with van der Waals surface area (Å²) in [5.41, 5.74) is -1.34. The van der Waals surface area contributed by atoms with Crippen LogP contribution in [0.3, 0.4) is 0 Å². The summed E-state index contributed by atoms with van der Waals surface area (Å²) in [5, 5.41) is 8.92. The highest BCUT2D eigenvalue weighted by atomic mass is 19.2. The maximum absolute atomic E-state index is 13.9. The second kappa shape index (κ2) is 5.52. The van der Waals surface area contributed by atoms with Crippen molar-refractivity contribution >= 4 is 16.9 Å². The molecule has 24 heavy (non-hydrogen) atoms. The number of aryl methyl sites for hydroxylation is 1. The summed E-state index contributed by atoms with van der Waals surface area (Å²) in [7, 11) is 0. The third-order valence-electron chi connectivity index (χ3n) is 3.74. The fourth-order valence-electron chi connectivity index (χ4n) is 2.58. The summed E-state index contributed by atoms with van der Waals surface area (Å²) >= 11 is 0. The molecule has 0 aliphatic rings.